The van der Waals surface area contributed by atoms with Crippen LogP contribution in [-0.4, -0.2) is 54.3 Å². The highest BCUT2D eigenvalue weighted by Crippen LogP contribution is 2.40. The molecule has 0 bridgehead atoms. The number of hydrogen-bond donors (Lipinski definition) is 4. The zero-order chi connectivity index (χ0) is 28.7. The highest BCUT2D eigenvalue weighted by Gasteiger charge is 2.42. The zero-order valence-electron chi connectivity index (χ0n) is 23.1. The first kappa shape index (κ1) is 27.2. The second-order valence-electron chi connectivity index (χ2n) is 10.7. The van der Waals surface area contributed by atoms with E-state index in [9.17, 15) is 15.0 Å². The van der Waals surface area contributed by atoms with Gasteiger partial charge in [0.25, 0.3) is 11.8 Å². The lowest BCUT2D eigenvalue weighted by Gasteiger charge is -2.31. The van der Waals surface area contributed by atoms with Gasteiger partial charge < -0.3 is 30.3 Å². The van der Waals surface area contributed by atoms with E-state index < -0.39 is 17.2 Å². The van der Waals surface area contributed by atoms with Crippen molar-refractivity contribution in [2.45, 2.75) is 51.8 Å². The van der Waals surface area contributed by atoms with Gasteiger partial charge in [0.2, 0.25) is 11.8 Å². The average Bonchev–Trinajstić information content (AvgIpc) is 3.49. The number of benzene rings is 2. The maximum Gasteiger partial charge on any atom is 0.263 e. The van der Waals surface area contributed by atoms with Gasteiger partial charge in [-0.25, -0.2) is 4.98 Å². The topological polar surface area (TPSA) is 150 Å². The first-order valence-corrected chi connectivity index (χ1v) is 13.1. The second kappa shape index (κ2) is 10.3. The molecule has 0 spiro atoms. The summed E-state index contributed by atoms with van der Waals surface area (Å²) in [4.78, 5) is 28.2. The molecule has 0 fully saturated rings. The second-order valence-corrected chi connectivity index (χ2v) is 10.7. The van der Waals surface area contributed by atoms with Gasteiger partial charge in [0.05, 0.1) is 18.2 Å². The molecule has 11 heteroatoms. The molecule has 0 saturated heterocycles. The van der Waals surface area contributed by atoms with Crippen molar-refractivity contribution in [2.24, 2.45) is 0 Å². The third-order valence-electron chi connectivity index (χ3n) is 7.09. The molecule has 1 aliphatic rings. The molecule has 1 aliphatic heterocycles. The van der Waals surface area contributed by atoms with Crippen molar-refractivity contribution < 1.29 is 19.5 Å². The molecule has 40 heavy (non-hydrogen) atoms. The summed E-state index contributed by atoms with van der Waals surface area (Å²) in [6.45, 7) is 9.57. The first-order chi connectivity index (χ1) is 19.0. The number of amides is 1. The molecule has 0 aliphatic carbocycles. The highest BCUT2D eigenvalue weighted by atomic mass is 16.5. The summed E-state index contributed by atoms with van der Waals surface area (Å²) in [6, 6.07) is 14.6. The van der Waals surface area contributed by atoms with Crippen LogP contribution in [0.1, 0.15) is 68.0 Å². The van der Waals surface area contributed by atoms with Crippen LogP contribution in [0.3, 0.4) is 0 Å². The van der Waals surface area contributed by atoms with Gasteiger partial charge in [0.1, 0.15) is 17.0 Å². The van der Waals surface area contributed by atoms with Gasteiger partial charge in [-0.2, -0.15) is 9.97 Å². The normalized spacial score (nSPS) is 15.2. The lowest BCUT2D eigenvalue weighted by atomic mass is 9.93. The number of nitrogens with one attached hydrogen (secondary N) is 2. The number of carbonyl (C=O) groups is 1. The van der Waals surface area contributed by atoms with Crippen LogP contribution >= 0.6 is 0 Å². The standard InChI is InChI=1S/C29H33N7O4/c1-6-36-25(38)19-13-12-18(14-21(19)28(36,2)3)31-27-30-15-20(24-34-26(35-40-24)29(4,5)39)23(33-27)32-22(16-37)17-10-8-7-9-11-17/h7-15,22,37,39H,6,16H2,1-5H3,(H2,30,31,32,33)/t22-/m1/s1. The third-order valence-corrected chi connectivity index (χ3v) is 7.09. The van der Waals surface area contributed by atoms with E-state index in [1.54, 1.807) is 20.0 Å². The SMILES string of the molecule is CCN1C(=O)c2ccc(Nc3ncc(-c4nc(C(C)(C)O)no4)c(N[C@H](CO)c4ccccc4)n3)cc2C1(C)C. The Labute approximate surface area is 232 Å². The summed E-state index contributed by atoms with van der Waals surface area (Å²) < 4.78 is 5.44. The van der Waals surface area contributed by atoms with Gasteiger partial charge in [-0.05, 0) is 63.9 Å². The summed E-state index contributed by atoms with van der Waals surface area (Å²) in [7, 11) is 0. The Morgan fingerprint density at radius 2 is 1.85 bits per heavy atom. The fourth-order valence-corrected chi connectivity index (χ4v) is 4.90. The minimum absolute atomic E-state index is 0.0158. The number of rotatable bonds is 9. The zero-order valence-corrected chi connectivity index (χ0v) is 23.1. The van der Waals surface area contributed by atoms with Crippen molar-refractivity contribution in [1.82, 2.24) is 25.0 Å². The number of aliphatic hydroxyl groups excluding tert-OH is 1. The largest absolute Gasteiger partial charge is 0.394 e. The van der Waals surface area contributed by atoms with Crippen LogP contribution in [0.15, 0.2) is 59.3 Å². The summed E-state index contributed by atoms with van der Waals surface area (Å²) in [5.41, 5.74) is 1.85. The molecular formula is C29H33N7O4. The Morgan fingerprint density at radius 1 is 1.10 bits per heavy atom. The number of carbonyl (C=O) groups excluding carboxylic acids is 1. The lowest BCUT2D eigenvalue weighted by Crippen LogP contribution is -2.38. The molecule has 4 N–H and O–H groups in total. The monoisotopic (exact) mass is 543 g/mol. The molecule has 208 valence electrons. The quantitative estimate of drug-likeness (QED) is 0.240. The van der Waals surface area contributed by atoms with E-state index >= 15 is 0 Å². The van der Waals surface area contributed by atoms with Crippen molar-refractivity contribution in [2.75, 3.05) is 23.8 Å². The van der Waals surface area contributed by atoms with Crippen LogP contribution in [0.4, 0.5) is 17.5 Å². The minimum Gasteiger partial charge on any atom is -0.394 e. The number of aliphatic hydroxyl groups is 2. The van der Waals surface area contributed by atoms with Crippen molar-refractivity contribution in [1.29, 1.82) is 0 Å². The van der Waals surface area contributed by atoms with E-state index in [0.29, 0.717) is 23.5 Å². The van der Waals surface area contributed by atoms with Crippen LogP contribution in [0.5, 0.6) is 0 Å². The highest BCUT2D eigenvalue weighted by molar-refractivity contribution is 6.00. The molecular weight excluding hydrogens is 510 g/mol. The third kappa shape index (κ3) is 5.01. The predicted octanol–water partition coefficient (Wildman–Crippen LogP) is 4.35. The van der Waals surface area contributed by atoms with Gasteiger partial charge in [-0.15, -0.1) is 0 Å². The number of hydrogen-bond acceptors (Lipinski definition) is 10. The van der Waals surface area contributed by atoms with Crippen molar-refractivity contribution in [3.63, 3.8) is 0 Å². The summed E-state index contributed by atoms with van der Waals surface area (Å²) in [6.07, 6.45) is 1.54. The van der Waals surface area contributed by atoms with E-state index in [4.69, 9.17) is 9.51 Å². The van der Waals surface area contributed by atoms with Crippen molar-refractivity contribution >= 4 is 23.4 Å². The van der Waals surface area contributed by atoms with Crippen LogP contribution in [0.2, 0.25) is 0 Å². The number of aromatic nitrogens is 4. The molecule has 3 heterocycles. The van der Waals surface area contributed by atoms with E-state index in [2.05, 4.69) is 25.8 Å². The van der Waals surface area contributed by atoms with E-state index in [1.165, 1.54) is 0 Å². The minimum atomic E-state index is -1.30. The molecule has 0 radical (unpaired) electrons. The molecule has 0 saturated carbocycles. The maximum absolute atomic E-state index is 12.9. The Bertz CT molecular complexity index is 1530. The van der Waals surface area contributed by atoms with Gasteiger partial charge in [0.15, 0.2) is 0 Å². The maximum atomic E-state index is 12.9. The van der Waals surface area contributed by atoms with Gasteiger partial charge in [-0.3, -0.25) is 4.79 Å². The molecule has 0 unspecified atom stereocenters. The van der Waals surface area contributed by atoms with Gasteiger partial charge in [0, 0.05) is 24.0 Å². The Hall–Kier alpha value is -4.35. The number of fused-ring (bicyclic) bond motifs is 1. The predicted molar refractivity (Wildman–Crippen MR) is 150 cm³/mol. The molecule has 2 aromatic carbocycles. The van der Waals surface area contributed by atoms with Crippen molar-refractivity contribution in [3.05, 3.63) is 77.2 Å². The van der Waals surface area contributed by atoms with Crippen LogP contribution in [-0.2, 0) is 11.1 Å². The number of nitrogens with zero attached hydrogens (tertiary/aromatic N) is 5. The molecule has 1 amide bonds. The fraction of sp³-hybridized carbons (Fsp3) is 0.345. The van der Waals surface area contributed by atoms with E-state index in [0.717, 1.165) is 16.8 Å². The Kier molecular flexibility index (Phi) is 7.03. The van der Waals surface area contributed by atoms with Crippen LogP contribution in [0, 0.1) is 0 Å². The molecule has 1 atom stereocenters. The van der Waals surface area contributed by atoms with E-state index in [1.807, 2.05) is 74.2 Å². The van der Waals surface area contributed by atoms with Gasteiger partial charge >= 0.3 is 0 Å². The smallest absolute Gasteiger partial charge is 0.263 e. The number of anilines is 3. The van der Waals surface area contributed by atoms with Gasteiger partial charge in [-0.1, -0.05) is 35.5 Å². The fourth-order valence-electron chi connectivity index (χ4n) is 4.90. The molecule has 2 aromatic heterocycles. The van der Waals surface area contributed by atoms with Crippen molar-refractivity contribution in [3.8, 4) is 11.5 Å². The van der Waals surface area contributed by atoms with E-state index in [-0.39, 0.29) is 30.2 Å². The Balaban J connectivity index is 1.51. The van der Waals surface area contributed by atoms with Crippen LogP contribution in [0.25, 0.3) is 11.5 Å². The molecule has 5 rings (SSSR count). The summed E-state index contributed by atoms with van der Waals surface area (Å²) >= 11 is 0. The molecule has 4 aromatic rings. The Morgan fingerprint density at radius 3 is 2.50 bits per heavy atom. The summed E-state index contributed by atoms with van der Waals surface area (Å²) in [5.74, 6) is 0.886. The summed E-state index contributed by atoms with van der Waals surface area (Å²) in [5, 5.41) is 30.9. The average molecular weight is 544 g/mol. The lowest BCUT2D eigenvalue weighted by molar-refractivity contribution is 0.0633. The first-order valence-electron chi connectivity index (χ1n) is 13.1. The van der Waals surface area contributed by atoms with Crippen LogP contribution < -0.4 is 10.6 Å². The molecule has 11 nitrogen and oxygen atoms in total.